The quantitative estimate of drug-likeness (QED) is 0.749. The first-order valence-corrected chi connectivity index (χ1v) is 11.7. The number of carbonyl (C=O) groups excluding carboxylic acids is 1. The van der Waals surface area contributed by atoms with Crippen LogP contribution in [-0.2, 0) is 21.4 Å². The van der Waals surface area contributed by atoms with E-state index >= 15 is 0 Å². The first kappa shape index (κ1) is 22.4. The zero-order chi connectivity index (χ0) is 21.9. The Bertz CT molecular complexity index is 988. The van der Waals surface area contributed by atoms with Crippen LogP contribution in [-0.4, -0.2) is 31.7 Å². The second kappa shape index (κ2) is 8.86. The van der Waals surface area contributed by atoms with Gasteiger partial charge in [0.05, 0.1) is 10.3 Å². The van der Waals surface area contributed by atoms with E-state index in [1.807, 2.05) is 12.1 Å². The Morgan fingerprint density at radius 2 is 1.77 bits per heavy atom. The number of amides is 1. The summed E-state index contributed by atoms with van der Waals surface area (Å²) in [7, 11) is -3.67. The molecule has 1 N–H and O–H groups in total. The average molecular weight is 433 g/mol. The highest BCUT2D eigenvalue weighted by Crippen LogP contribution is 2.33. The van der Waals surface area contributed by atoms with E-state index < -0.39 is 15.4 Å². The number of rotatable bonds is 6. The lowest BCUT2D eigenvalue weighted by Crippen LogP contribution is -2.51. The molecule has 0 radical (unpaired) electrons. The third kappa shape index (κ3) is 4.90. The number of carbonyl (C=O) groups is 1. The van der Waals surface area contributed by atoms with E-state index in [0.717, 1.165) is 11.1 Å². The van der Waals surface area contributed by atoms with Gasteiger partial charge in [0.25, 0.3) is 0 Å². The monoisotopic (exact) mass is 432 g/mol. The molecule has 162 valence electrons. The van der Waals surface area contributed by atoms with Crippen molar-refractivity contribution in [3.8, 4) is 0 Å². The Morgan fingerprint density at radius 3 is 2.37 bits per heavy atom. The normalized spacial score (nSPS) is 20.3. The summed E-state index contributed by atoms with van der Waals surface area (Å²) in [6.07, 6.45) is 1.23. The summed E-state index contributed by atoms with van der Waals surface area (Å²) in [4.78, 5) is 13.1. The molecule has 1 aliphatic rings. The molecular weight excluding hydrogens is 403 g/mol. The molecule has 1 amide bonds. The van der Waals surface area contributed by atoms with Crippen molar-refractivity contribution in [2.45, 2.75) is 51.0 Å². The van der Waals surface area contributed by atoms with Gasteiger partial charge in [-0.1, -0.05) is 38.1 Å². The molecule has 0 spiro atoms. The summed E-state index contributed by atoms with van der Waals surface area (Å²) in [5.41, 5.74) is 1.06. The van der Waals surface area contributed by atoms with Gasteiger partial charge in [-0.3, -0.25) is 4.79 Å². The molecule has 1 saturated heterocycles. The number of halogens is 1. The first-order valence-electron chi connectivity index (χ1n) is 10.2. The third-order valence-electron chi connectivity index (χ3n) is 5.76. The second-order valence-corrected chi connectivity index (χ2v) is 10.5. The van der Waals surface area contributed by atoms with E-state index in [1.165, 1.54) is 16.4 Å². The van der Waals surface area contributed by atoms with E-state index in [4.69, 9.17) is 0 Å². The van der Waals surface area contributed by atoms with Gasteiger partial charge in [-0.05, 0) is 61.1 Å². The van der Waals surface area contributed by atoms with Gasteiger partial charge in [-0.2, -0.15) is 4.31 Å². The van der Waals surface area contributed by atoms with Crippen molar-refractivity contribution < 1.29 is 17.6 Å². The van der Waals surface area contributed by atoms with Crippen LogP contribution < -0.4 is 5.32 Å². The maximum atomic E-state index is 13.1. The Labute approximate surface area is 178 Å². The molecule has 1 atom stereocenters. The molecular formula is C23H29FN2O3S. The minimum absolute atomic E-state index is 0.135. The minimum Gasteiger partial charge on any atom is -0.352 e. The number of nitrogens with one attached hydrogen (secondary N) is 1. The zero-order valence-electron chi connectivity index (χ0n) is 17.7. The minimum atomic E-state index is -3.67. The highest BCUT2D eigenvalue weighted by molar-refractivity contribution is 7.89. The van der Waals surface area contributed by atoms with Crippen LogP contribution in [0.25, 0.3) is 0 Å². The Morgan fingerprint density at radius 1 is 1.13 bits per heavy atom. The van der Waals surface area contributed by atoms with E-state index in [-0.39, 0.29) is 29.7 Å². The smallest absolute Gasteiger partial charge is 0.243 e. The van der Waals surface area contributed by atoms with Gasteiger partial charge < -0.3 is 5.32 Å². The fraction of sp³-hybridized carbons (Fsp3) is 0.435. The molecule has 1 unspecified atom stereocenters. The van der Waals surface area contributed by atoms with Crippen LogP contribution in [0.2, 0.25) is 0 Å². The highest BCUT2D eigenvalue weighted by Gasteiger charge is 2.41. The van der Waals surface area contributed by atoms with Gasteiger partial charge in [0.1, 0.15) is 5.82 Å². The van der Waals surface area contributed by atoms with Crippen LogP contribution >= 0.6 is 0 Å². The first-order chi connectivity index (χ1) is 14.1. The lowest BCUT2D eigenvalue weighted by Gasteiger charge is -2.38. The van der Waals surface area contributed by atoms with Crippen molar-refractivity contribution >= 4 is 15.9 Å². The SMILES string of the molecule is CC(C)c1ccc(S(=O)(=O)N2CCCC(C)(C(=O)NCc3ccc(F)cc3)C2)cc1. The van der Waals surface area contributed by atoms with Crippen molar-refractivity contribution in [3.05, 3.63) is 65.5 Å². The summed E-state index contributed by atoms with van der Waals surface area (Å²) in [5, 5.41) is 2.88. The summed E-state index contributed by atoms with van der Waals surface area (Å²) >= 11 is 0. The molecule has 30 heavy (non-hydrogen) atoms. The van der Waals surface area contributed by atoms with Gasteiger partial charge in [0.2, 0.25) is 15.9 Å². The maximum absolute atomic E-state index is 13.1. The molecule has 2 aromatic carbocycles. The van der Waals surface area contributed by atoms with Crippen LogP contribution in [0.5, 0.6) is 0 Å². The number of sulfonamides is 1. The molecule has 1 fully saturated rings. The molecule has 2 aromatic rings. The van der Waals surface area contributed by atoms with Gasteiger partial charge in [-0.15, -0.1) is 0 Å². The molecule has 0 aromatic heterocycles. The number of hydrogen-bond acceptors (Lipinski definition) is 3. The van der Waals surface area contributed by atoms with Gasteiger partial charge >= 0.3 is 0 Å². The van der Waals surface area contributed by atoms with E-state index in [1.54, 1.807) is 31.2 Å². The summed E-state index contributed by atoms with van der Waals surface area (Å²) in [6.45, 7) is 6.73. The number of piperidine rings is 1. The highest BCUT2D eigenvalue weighted by atomic mass is 32.2. The lowest BCUT2D eigenvalue weighted by molar-refractivity contribution is -0.132. The second-order valence-electron chi connectivity index (χ2n) is 8.54. The topological polar surface area (TPSA) is 66.5 Å². The van der Waals surface area contributed by atoms with Gasteiger partial charge in [-0.25, -0.2) is 12.8 Å². The van der Waals surface area contributed by atoms with Crippen LogP contribution in [0.15, 0.2) is 53.4 Å². The zero-order valence-corrected chi connectivity index (χ0v) is 18.5. The fourth-order valence-corrected chi connectivity index (χ4v) is 5.36. The third-order valence-corrected chi connectivity index (χ3v) is 7.62. The molecule has 0 aliphatic carbocycles. The lowest BCUT2D eigenvalue weighted by atomic mass is 9.82. The molecule has 3 rings (SSSR count). The van der Waals surface area contributed by atoms with Crippen molar-refractivity contribution in [2.75, 3.05) is 13.1 Å². The molecule has 1 aliphatic heterocycles. The Balaban J connectivity index is 1.70. The summed E-state index contributed by atoms with van der Waals surface area (Å²) < 4.78 is 40.8. The largest absolute Gasteiger partial charge is 0.352 e. The Hall–Kier alpha value is -2.25. The van der Waals surface area contributed by atoms with Crippen LogP contribution in [0.3, 0.4) is 0 Å². The standard InChI is InChI=1S/C23H29FN2O3S/c1-17(2)19-7-11-21(12-8-19)30(28,29)26-14-4-13-23(3,16-26)22(27)25-15-18-5-9-20(24)10-6-18/h5-12,17H,4,13-16H2,1-3H3,(H,25,27). The van der Waals surface area contributed by atoms with Crippen LogP contribution in [0.4, 0.5) is 4.39 Å². The molecule has 0 bridgehead atoms. The van der Waals surface area contributed by atoms with Crippen molar-refractivity contribution in [1.29, 1.82) is 0 Å². The van der Waals surface area contributed by atoms with Crippen LogP contribution in [0, 0.1) is 11.2 Å². The molecule has 7 heteroatoms. The average Bonchev–Trinajstić information content (AvgIpc) is 2.73. The fourth-order valence-electron chi connectivity index (χ4n) is 3.76. The summed E-state index contributed by atoms with van der Waals surface area (Å²) in [5.74, 6) is -0.196. The number of nitrogens with zero attached hydrogens (tertiary/aromatic N) is 1. The van der Waals surface area contributed by atoms with Crippen molar-refractivity contribution in [2.24, 2.45) is 5.41 Å². The number of hydrogen-bond donors (Lipinski definition) is 1. The van der Waals surface area contributed by atoms with Crippen molar-refractivity contribution in [1.82, 2.24) is 9.62 Å². The number of benzene rings is 2. The Kier molecular flexibility index (Phi) is 6.62. The predicted molar refractivity (Wildman–Crippen MR) is 115 cm³/mol. The molecule has 1 heterocycles. The summed E-state index contributed by atoms with van der Waals surface area (Å²) in [6, 6.07) is 12.9. The molecule has 0 saturated carbocycles. The van der Waals surface area contributed by atoms with Crippen LogP contribution in [0.1, 0.15) is 50.7 Å². The van der Waals surface area contributed by atoms with E-state index in [2.05, 4.69) is 19.2 Å². The maximum Gasteiger partial charge on any atom is 0.243 e. The van der Waals surface area contributed by atoms with E-state index in [0.29, 0.717) is 25.3 Å². The van der Waals surface area contributed by atoms with E-state index in [9.17, 15) is 17.6 Å². The van der Waals surface area contributed by atoms with Gasteiger partial charge in [0, 0.05) is 19.6 Å². The van der Waals surface area contributed by atoms with Gasteiger partial charge in [0.15, 0.2) is 0 Å². The molecule has 5 nitrogen and oxygen atoms in total. The predicted octanol–water partition coefficient (Wildman–Crippen LogP) is 4.06. The van der Waals surface area contributed by atoms with Crippen molar-refractivity contribution in [3.63, 3.8) is 0 Å².